The summed E-state index contributed by atoms with van der Waals surface area (Å²) in [6.07, 6.45) is 7.11. The number of rotatable bonds is 3. The minimum Gasteiger partial charge on any atom is -0.335 e. The minimum absolute atomic E-state index is 0.107. The minimum atomic E-state index is -0.107. The number of amides is 2. The summed E-state index contributed by atoms with van der Waals surface area (Å²) in [5, 5.41) is 5.98. The molecule has 0 atom stereocenters. The molecule has 2 saturated carbocycles. The lowest BCUT2D eigenvalue weighted by molar-refractivity contribution is 0.248. The molecular weight excluding hydrogens is 276 g/mol. The summed E-state index contributed by atoms with van der Waals surface area (Å²) in [7, 11) is 2.07. The highest BCUT2D eigenvalue weighted by Crippen LogP contribution is 2.40. The zero-order valence-corrected chi connectivity index (χ0v) is 12.9. The van der Waals surface area contributed by atoms with Crippen LogP contribution in [0.2, 0.25) is 0 Å². The number of fused-ring (bicyclic) bond motifs is 1. The van der Waals surface area contributed by atoms with Gasteiger partial charge in [-0.05, 0) is 43.9 Å². The molecule has 2 fully saturated rings. The van der Waals surface area contributed by atoms with E-state index in [-0.39, 0.29) is 6.03 Å². The topological polar surface area (TPSA) is 59.0 Å². The Morgan fingerprint density at radius 1 is 1.23 bits per heavy atom. The monoisotopic (exact) mass is 298 g/mol. The number of nitrogens with zero attached hydrogens (tertiary/aromatic N) is 2. The number of hydrogen-bond acceptors (Lipinski definition) is 2. The molecular formula is C17H22N4O. The molecule has 0 bridgehead atoms. The van der Waals surface area contributed by atoms with E-state index in [0.29, 0.717) is 12.0 Å². The summed E-state index contributed by atoms with van der Waals surface area (Å²) >= 11 is 0. The average Bonchev–Trinajstić information content (AvgIpc) is 3.12. The van der Waals surface area contributed by atoms with Gasteiger partial charge in [-0.25, -0.2) is 9.78 Å². The van der Waals surface area contributed by atoms with E-state index in [9.17, 15) is 4.79 Å². The molecule has 0 spiro atoms. The van der Waals surface area contributed by atoms with E-state index in [2.05, 4.69) is 22.2 Å². The van der Waals surface area contributed by atoms with Crippen LogP contribution in [0.4, 0.5) is 10.5 Å². The molecule has 1 heterocycles. The van der Waals surface area contributed by atoms with E-state index in [1.54, 1.807) is 0 Å². The molecule has 5 heteroatoms. The van der Waals surface area contributed by atoms with E-state index in [0.717, 1.165) is 29.6 Å². The Morgan fingerprint density at radius 3 is 2.73 bits per heavy atom. The predicted molar refractivity (Wildman–Crippen MR) is 87.1 cm³/mol. The van der Waals surface area contributed by atoms with Gasteiger partial charge in [-0.1, -0.05) is 12.8 Å². The summed E-state index contributed by atoms with van der Waals surface area (Å²) in [4.78, 5) is 16.8. The fourth-order valence-electron chi connectivity index (χ4n) is 3.43. The van der Waals surface area contributed by atoms with Gasteiger partial charge in [-0.15, -0.1) is 0 Å². The molecule has 0 aliphatic heterocycles. The summed E-state index contributed by atoms with van der Waals surface area (Å²) in [6.45, 7) is 0. The number of carbonyl (C=O) groups is 1. The molecule has 116 valence electrons. The maximum atomic E-state index is 12.0. The molecule has 2 N–H and O–H groups in total. The van der Waals surface area contributed by atoms with Crippen molar-refractivity contribution >= 4 is 22.8 Å². The highest BCUT2D eigenvalue weighted by molar-refractivity contribution is 5.92. The zero-order chi connectivity index (χ0) is 15.1. The number of hydrogen-bond donors (Lipinski definition) is 2. The second kappa shape index (κ2) is 5.30. The summed E-state index contributed by atoms with van der Waals surface area (Å²) in [5.41, 5.74) is 2.90. The van der Waals surface area contributed by atoms with Gasteiger partial charge in [0.2, 0.25) is 0 Å². The highest BCUT2D eigenvalue weighted by atomic mass is 16.2. The fraction of sp³-hybridized carbons (Fsp3) is 0.529. The standard InChI is InChI=1S/C17H22N4O/c1-21-15-9-8-13(10-14(15)20-16(21)11-6-7-11)19-17(22)18-12-4-2-3-5-12/h8-12H,2-7H2,1H3,(H2,18,19,22). The predicted octanol–water partition coefficient (Wildman–Crippen LogP) is 3.51. The van der Waals surface area contributed by atoms with Crippen LogP contribution in [0, 0.1) is 0 Å². The molecule has 2 aliphatic carbocycles. The Kier molecular flexibility index (Phi) is 3.28. The van der Waals surface area contributed by atoms with Crippen LogP contribution in [0.5, 0.6) is 0 Å². The number of nitrogens with one attached hydrogen (secondary N) is 2. The average molecular weight is 298 g/mol. The van der Waals surface area contributed by atoms with Crippen LogP contribution < -0.4 is 10.6 Å². The lowest BCUT2D eigenvalue weighted by atomic mass is 10.2. The van der Waals surface area contributed by atoms with Crippen molar-refractivity contribution in [2.45, 2.75) is 50.5 Å². The van der Waals surface area contributed by atoms with Gasteiger partial charge in [-0.3, -0.25) is 0 Å². The van der Waals surface area contributed by atoms with Crippen LogP contribution in [-0.4, -0.2) is 21.6 Å². The van der Waals surface area contributed by atoms with Crippen LogP contribution in [0.15, 0.2) is 18.2 Å². The van der Waals surface area contributed by atoms with Crippen LogP contribution in [0.1, 0.15) is 50.3 Å². The van der Waals surface area contributed by atoms with Gasteiger partial charge in [0.25, 0.3) is 0 Å². The largest absolute Gasteiger partial charge is 0.335 e. The van der Waals surface area contributed by atoms with E-state index < -0.39 is 0 Å². The molecule has 0 radical (unpaired) electrons. The van der Waals surface area contributed by atoms with Crippen LogP contribution in [-0.2, 0) is 7.05 Å². The van der Waals surface area contributed by atoms with Crippen molar-refractivity contribution in [1.82, 2.24) is 14.9 Å². The lowest BCUT2D eigenvalue weighted by Crippen LogP contribution is -2.36. The number of carbonyl (C=O) groups excluding carboxylic acids is 1. The van der Waals surface area contributed by atoms with Crippen LogP contribution >= 0.6 is 0 Å². The molecule has 1 aromatic heterocycles. The van der Waals surface area contributed by atoms with Crippen molar-refractivity contribution in [3.63, 3.8) is 0 Å². The zero-order valence-electron chi connectivity index (χ0n) is 12.9. The third-order valence-electron chi connectivity index (χ3n) is 4.81. The van der Waals surface area contributed by atoms with Crippen LogP contribution in [0.3, 0.4) is 0 Å². The summed E-state index contributed by atoms with van der Waals surface area (Å²) < 4.78 is 2.18. The van der Waals surface area contributed by atoms with Gasteiger partial charge in [0.15, 0.2) is 0 Å². The number of urea groups is 1. The van der Waals surface area contributed by atoms with Gasteiger partial charge in [0.05, 0.1) is 11.0 Å². The van der Waals surface area contributed by atoms with Crippen molar-refractivity contribution < 1.29 is 4.79 Å². The quantitative estimate of drug-likeness (QED) is 0.911. The van der Waals surface area contributed by atoms with Crippen molar-refractivity contribution in [3.8, 4) is 0 Å². The fourth-order valence-corrected chi connectivity index (χ4v) is 3.43. The first-order chi connectivity index (χ1) is 10.7. The Morgan fingerprint density at radius 2 is 2.00 bits per heavy atom. The second-order valence-electron chi connectivity index (χ2n) is 6.59. The smallest absolute Gasteiger partial charge is 0.319 e. The molecule has 4 rings (SSSR count). The Bertz CT molecular complexity index is 711. The van der Waals surface area contributed by atoms with Crippen molar-refractivity contribution in [2.24, 2.45) is 7.05 Å². The molecule has 0 saturated heterocycles. The van der Waals surface area contributed by atoms with Crippen molar-refractivity contribution in [1.29, 1.82) is 0 Å². The van der Waals surface area contributed by atoms with Crippen molar-refractivity contribution in [2.75, 3.05) is 5.32 Å². The number of imidazole rings is 1. The summed E-state index contributed by atoms with van der Waals surface area (Å²) in [5.74, 6) is 1.79. The SMILES string of the molecule is Cn1c(C2CC2)nc2cc(NC(=O)NC3CCCC3)ccc21. The third kappa shape index (κ3) is 2.56. The number of aryl methyl sites for hydroxylation is 1. The Balaban J connectivity index is 1.50. The van der Waals surface area contributed by atoms with E-state index in [1.165, 1.54) is 31.5 Å². The third-order valence-corrected chi connectivity index (χ3v) is 4.81. The van der Waals surface area contributed by atoms with E-state index >= 15 is 0 Å². The van der Waals surface area contributed by atoms with Gasteiger partial charge in [-0.2, -0.15) is 0 Å². The number of anilines is 1. The van der Waals surface area contributed by atoms with Gasteiger partial charge < -0.3 is 15.2 Å². The van der Waals surface area contributed by atoms with Gasteiger partial charge in [0, 0.05) is 24.7 Å². The Hall–Kier alpha value is -2.04. The molecule has 0 unspecified atom stereocenters. The lowest BCUT2D eigenvalue weighted by Gasteiger charge is -2.12. The molecule has 2 aromatic rings. The van der Waals surface area contributed by atoms with Crippen LogP contribution in [0.25, 0.3) is 11.0 Å². The molecule has 22 heavy (non-hydrogen) atoms. The highest BCUT2D eigenvalue weighted by Gasteiger charge is 2.28. The Labute approximate surface area is 130 Å². The first-order valence-electron chi connectivity index (χ1n) is 8.24. The first kappa shape index (κ1) is 13.6. The maximum absolute atomic E-state index is 12.0. The van der Waals surface area contributed by atoms with E-state index in [4.69, 9.17) is 4.98 Å². The first-order valence-corrected chi connectivity index (χ1v) is 8.24. The molecule has 5 nitrogen and oxygen atoms in total. The second-order valence-corrected chi connectivity index (χ2v) is 6.59. The molecule has 2 amide bonds. The molecule has 2 aliphatic rings. The molecule has 1 aromatic carbocycles. The van der Waals surface area contributed by atoms with Crippen molar-refractivity contribution in [3.05, 3.63) is 24.0 Å². The number of benzene rings is 1. The number of aromatic nitrogens is 2. The maximum Gasteiger partial charge on any atom is 0.319 e. The van der Waals surface area contributed by atoms with Gasteiger partial charge >= 0.3 is 6.03 Å². The van der Waals surface area contributed by atoms with Gasteiger partial charge in [0.1, 0.15) is 5.82 Å². The normalized spacial score (nSPS) is 18.8. The summed E-state index contributed by atoms with van der Waals surface area (Å²) in [6, 6.07) is 6.19. The van der Waals surface area contributed by atoms with E-state index in [1.807, 2.05) is 18.2 Å².